The second kappa shape index (κ2) is 4.58. The van der Waals surface area contributed by atoms with E-state index >= 15 is 0 Å². The number of hydrogen-bond acceptors (Lipinski definition) is 1. The number of alkyl halides is 1. The van der Waals surface area contributed by atoms with E-state index in [4.69, 9.17) is 5.53 Å². The Labute approximate surface area is 80.0 Å². The molecule has 3 nitrogen and oxygen atoms in total. The van der Waals surface area contributed by atoms with Crippen molar-refractivity contribution in [3.63, 3.8) is 0 Å². The summed E-state index contributed by atoms with van der Waals surface area (Å²) in [6, 6.07) is 4.23. The SMILES string of the molecule is CC(N=[N+]=[N-])C(F)c1ccc(F)cc1. The monoisotopic (exact) mass is 197 g/mol. The van der Waals surface area contributed by atoms with Gasteiger partial charge in [0.05, 0.1) is 6.04 Å². The second-order valence-corrected chi connectivity index (χ2v) is 2.90. The lowest BCUT2D eigenvalue weighted by molar-refractivity contribution is 0.299. The van der Waals surface area contributed by atoms with Crippen LogP contribution in [0.3, 0.4) is 0 Å². The lowest BCUT2D eigenvalue weighted by Crippen LogP contribution is -2.07. The summed E-state index contributed by atoms with van der Waals surface area (Å²) in [5.74, 6) is -0.419. The highest BCUT2D eigenvalue weighted by Gasteiger charge is 2.16. The highest BCUT2D eigenvalue weighted by molar-refractivity contribution is 5.19. The molecule has 1 rings (SSSR count). The summed E-state index contributed by atoms with van der Waals surface area (Å²) in [6.45, 7) is 1.47. The van der Waals surface area contributed by atoms with Gasteiger partial charge >= 0.3 is 0 Å². The maximum absolute atomic E-state index is 13.5. The highest BCUT2D eigenvalue weighted by Crippen LogP contribution is 2.23. The van der Waals surface area contributed by atoms with Gasteiger partial charge in [0.1, 0.15) is 12.0 Å². The molecule has 2 atom stereocenters. The van der Waals surface area contributed by atoms with Crippen molar-refractivity contribution in [1.29, 1.82) is 0 Å². The molecule has 0 fully saturated rings. The molecule has 14 heavy (non-hydrogen) atoms. The van der Waals surface area contributed by atoms with E-state index in [-0.39, 0.29) is 0 Å². The number of benzene rings is 1. The molecule has 0 aliphatic rings. The maximum Gasteiger partial charge on any atom is 0.133 e. The van der Waals surface area contributed by atoms with Gasteiger partial charge in [-0.05, 0) is 23.2 Å². The van der Waals surface area contributed by atoms with Gasteiger partial charge in [0.2, 0.25) is 0 Å². The Kier molecular flexibility index (Phi) is 3.42. The van der Waals surface area contributed by atoms with Crippen molar-refractivity contribution in [1.82, 2.24) is 0 Å². The second-order valence-electron chi connectivity index (χ2n) is 2.90. The van der Waals surface area contributed by atoms with Crippen molar-refractivity contribution in [2.24, 2.45) is 5.11 Å². The van der Waals surface area contributed by atoms with E-state index in [1.165, 1.54) is 31.2 Å². The molecule has 1 aromatic carbocycles. The van der Waals surface area contributed by atoms with Crippen LogP contribution in [0.15, 0.2) is 29.4 Å². The summed E-state index contributed by atoms with van der Waals surface area (Å²) in [4.78, 5) is 2.51. The smallest absolute Gasteiger partial charge is 0.133 e. The molecular formula is C9H9F2N3. The topological polar surface area (TPSA) is 48.8 Å². The van der Waals surface area contributed by atoms with Crippen molar-refractivity contribution in [2.75, 3.05) is 0 Å². The van der Waals surface area contributed by atoms with E-state index in [9.17, 15) is 8.78 Å². The van der Waals surface area contributed by atoms with Gasteiger partial charge < -0.3 is 0 Å². The van der Waals surface area contributed by atoms with E-state index in [2.05, 4.69) is 10.0 Å². The molecule has 0 aliphatic carbocycles. The molecule has 1 aromatic rings. The van der Waals surface area contributed by atoms with Crippen molar-refractivity contribution >= 4 is 0 Å². The Bertz CT molecular complexity index is 344. The summed E-state index contributed by atoms with van der Waals surface area (Å²) in [6.07, 6.45) is -1.40. The van der Waals surface area contributed by atoms with Crippen molar-refractivity contribution in [3.05, 3.63) is 46.1 Å². The quantitative estimate of drug-likeness (QED) is 0.404. The van der Waals surface area contributed by atoms with Crippen LogP contribution in [-0.4, -0.2) is 6.04 Å². The Morgan fingerprint density at radius 1 is 1.36 bits per heavy atom. The molecule has 74 valence electrons. The average molecular weight is 197 g/mol. The molecule has 2 unspecified atom stereocenters. The van der Waals surface area contributed by atoms with Crippen LogP contribution in [0.25, 0.3) is 10.4 Å². The largest absolute Gasteiger partial charge is 0.242 e. The summed E-state index contributed by atoms with van der Waals surface area (Å²) >= 11 is 0. The summed E-state index contributed by atoms with van der Waals surface area (Å²) < 4.78 is 26.0. The molecule has 0 heterocycles. The van der Waals surface area contributed by atoms with E-state index < -0.39 is 18.0 Å². The number of nitrogens with zero attached hydrogens (tertiary/aromatic N) is 3. The zero-order chi connectivity index (χ0) is 10.6. The third-order valence-electron chi connectivity index (χ3n) is 1.85. The molecule has 0 aromatic heterocycles. The minimum Gasteiger partial charge on any atom is -0.242 e. The van der Waals surface area contributed by atoms with Crippen molar-refractivity contribution in [3.8, 4) is 0 Å². The van der Waals surface area contributed by atoms with Gasteiger partial charge in [-0.15, -0.1) is 0 Å². The average Bonchev–Trinajstić information content (AvgIpc) is 2.18. The van der Waals surface area contributed by atoms with Crippen molar-refractivity contribution in [2.45, 2.75) is 19.1 Å². The first kappa shape index (κ1) is 10.5. The predicted octanol–water partition coefficient (Wildman–Crippen LogP) is 3.54. The maximum atomic E-state index is 13.5. The molecule has 0 bridgehead atoms. The zero-order valence-corrected chi connectivity index (χ0v) is 7.56. The molecule has 5 heteroatoms. The summed E-state index contributed by atoms with van der Waals surface area (Å²) in [5, 5.41) is 3.24. The highest BCUT2D eigenvalue weighted by atomic mass is 19.1. The normalized spacial score (nSPS) is 14.2. The third-order valence-corrected chi connectivity index (χ3v) is 1.85. The van der Waals surface area contributed by atoms with Crippen LogP contribution in [-0.2, 0) is 0 Å². The van der Waals surface area contributed by atoms with E-state index in [0.717, 1.165) is 0 Å². The molecule has 0 N–H and O–H groups in total. The number of azide groups is 1. The van der Waals surface area contributed by atoms with Gasteiger partial charge in [0, 0.05) is 4.91 Å². The molecule has 0 amide bonds. The predicted molar refractivity (Wildman–Crippen MR) is 48.9 cm³/mol. The first-order valence-electron chi connectivity index (χ1n) is 4.09. The van der Waals surface area contributed by atoms with Crippen LogP contribution in [0.2, 0.25) is 0 Å². The first-order chi connectivity index (χ1) is 6.65. The van der Waals surface area contributed by atoms with Gasteiger partial charge in [0.25, 0.3) is 0 Å². The zero-order valence-electron chi connectivity index (χ0n) is 7.56. The Hall–Kier alpha value is -1.61. The van der Waals surface area contributed by atoms with Gasteiger partial charge in [0.15, 0.2) is 0 Å². The fourth-order valence-electron chi connectivity index (χ4n) is 1.07. The molecule has 0 aliphatic heterocycles. The molecule has 0 saturated heterocycles. The van der Waals surface area contributed by atoms with Crippen LogP contribution in [0.1, 0.15) is 18.7 Å². The van der Waals surface area contributed by atoms with Crippen LogP contribution in [0.4, 0.5) is 8.78 Å². The van der Waals surface area contributed by atoms with Crippen molar-refractivity contribution < 1.29 is 8.78 Å². The molecule has 0 saturated carbocycles. The van der Waals surface area contributed by atoms with Crippen LogP contribution in [0.5, 0.6) is 0 Å². The Morgan fingerprint density at radius 2 is 1.93 bits per heavy atom. The molecular weight excluding hydrogens is 188 g/mol. The van der Waals surface area contributed by atoms with E-state index in [1.54, 1.807) is 0 Å². The minimum absolute atomic E-state index is 0.311. The van der Waals surface area contributed by atoms with Gasteiger partial charge in [-0.2, -0.15) is 0 Å². The number of hydrogen-bond donors (Lipinski definition) is 0. The van der Waals surface area contributed by atoms with Crippen LogP contribution in [0, 0.1) is 5.82 Å². The first-order valence-corrected chi connectivity index (χ1v) is 4.09. The minimum atomic E-state index is -1.40. The lowest BCUT2D eigenvalue weighted by Gasteiger charge is -2.11. The van der Waals surface area contributed by atoms with E-state index in [1.807, 2.05) is 0 Å². The third kappa shape index (κ3) is 2.44. The Morgan fingerprint density at radius 3 is 2.43 bits per heavy atom. The number of rotatable bonds is 3. The fraction of sp³-hybridized carbons (Fsp3) is 0.333. The fourth-order valence-corrected chi connectivity index (χ4v) is 1.07. The number of halogens is 2. The Balaban J connectivity index is 2.83. The molecule has 0 radical (unpaired) electrons. The summed E-state index contributed by atoms with van der Waals surface area (Å²) in [7, 11) is 0. The van der Waals surface area contributed by atoms with Gasteiger partial charge in [-0.25, -0.2) is 8.78 Å². The van der Waals surface area contributed by atoms with Crippen LogP contribution < -0.4 is 0 Å². The molecule has 0 spiro atoms. The lowest BCUT2D eigenvalue weighted by atomic mass is 10.1. The van der Waals surface area contributed by atoms with Gasteiger partial charge in [-0.3, -0.25) is 0 Å². The standard InChI is InChI=1S/C9H9F2N3/c1-6(13-14-12)9(11)7-2-4-8(10)5-3-7/h2-6,9H,1H3. The van der Waals surface area contributed by atoms with E-state index in [0.29, 0.717) is 5.56 Å². The van der Waals surface area contributed by atoms with Gasteiger partial charge in [-0.1, -0.05) is 24.2 Å². The van der Waals surface area contributed by atoms with Crippen LogP contribution >= 0.6 is 0 Å². The summed E-state index contributed by atoms with van der Waals surface area (Å²) in [5.41, 5.74) is 8.42.